The van der Waals surface area contributed by atoms with Gasteiger partial charge in [-0.15, -0.1) is 0 Å². The molecule has 2 saturated heterocycles. The van der Waals surface area contributed by atoms with E-state index in [9.17, 15) is 13.2 Å². The van der Waals surface area contributed by atoms with Gasteiger partial charge in [0.05, 0.1) is 18.3 Å². The van der Waals surface area contributed by atoms with Gasteiger partial charge in [0, 0.05) is 32.0 Å². The van der Waals surface area contributed by atoms with E-state index in [0.29, 0.717) is 26.1 Å². The topological polar surface area (TPSA) is 75.5 Å². The molecule has 0 aliphatic carbocycles. The van der Waals surface area contributed by atoms with Gasteiger partial charge in [0.1, 0.15) is 5.82 Å². The molecule has 8 heteroatoms. The van der Waals surface area contributed by atoms with Crippen LogP contribution >= 0.6 is 0 Å². The van der Waals surface area contributed by atoms with Crippen LogP contribution < -0.4 is 0 Å². The Kier molecular flexibility index (Phi) is 4.22. The smallest absolute Gasteiger partial charge is 0.237 e. The molecule has 2 aliphatic rings. The summed E-state index contributed by atoms with van der Waals surface area (Å²) in [7, 11) is -3.21. The Labute approximate surface area is 131 Å². The molecule has 3 heterocycles. The fraction of sp³-hybridized carbons (Fsp3) is 0.714. The highest BCUT2D eigenvalue weighted by molar-refractivity contribution is 7.89. The molecule has 2 aliphatic heterocycles. The molecule has 122 valence electrons. The van der Waals surface area contributed by atoms with E-state index in [-0.39, 0.29) is 24.2 Å². The summed E-state index contributed by atoms with van der Waals surface area (Å²) in [6.45, 7) is 3.74. The highest BCUT2D eigenvalue weighted by Gasteiger charge is 2.32. The van der Waals surface area contributed by atoms with Gasteiger partial charge in [-0.3, -0.25) is 4.79 Å². The highest BCUT2D eigenvalue weighted by Crippen LogP contribution is 2.23. The van der Waals surface area contributed by atoms with Crippen LogP contribution in [0.15, 0.2) is 12.4 Å². The van der Waals surface area contributed by atoms with Crippen molar-refractivity contribution >= 4 is 15.9 Å². The number of amides is 1. The average Bonchev–Trinajstić information content (AvgIpc) is 3.05. The first kappa shape index (κ1) is 15.5. The Morgan fingerprint density at radius 1 is 1.36 bits per heavy atom. The Morgan fingerprint density at radius 2 is 2.18 bits per heavy atom. The fourth-order valence-corrected chi connectivity index (χ4v) is 4.77. The normalized spacial score (nSPS) is 25.5. The van der Waals surface area contributed by atoms with Crippen LogP contribution in [0.2, 0.25) is 0 Å². The lowest BCUT2D eigenvalue weighted by molar-refractivity contribution is -0.133. The number of aryl methyl sites for hydroxylation is 1. The van der Waals surface area contributed by atoms with Crippen LogP contribution in [0.25, 0.3) is 0 Å². The molecule has 1 amide bonds. The van der Waals surface area contributed by atoms with E-state index in [4.69, 9.17) is 0 Å². The third kappa shape index (κ3) is 3.03. The Hall–Kier alpha value is -1.41. The van der Waals surface area contributed by atoms with E-state index < -0.39 is 10.0 Å². The predicted molar refractivity (Wildman–Crippen MR) is 81.8 cm³/mol. The number of carbonyl (C=O) groups excluding carboxylic acids is 1. The number of hydrogen-bond acceptors (Lipinski definition) is 4. The molecule has 0 saturated carbocycles. The number of hydrogen-bond donors (Lipinski definition) is 0. The summed E-state index contributed by atoms with van der Waals surface area (Å²) in [6.07, 6.45) is 6.28. The van der Waals surface area contributed by atoms with Crippen molar-refractivity contribution in [2.75, 3.05) is 31.9 Å². The second-order valence-electron chi connectivity index (χ2n) is 6.02. The van der Waals surface area contributed by atoms with E-state index in [1.54, 1.807) is 11.1 Å². The molecule has 0 unspecified atom stereocenters. The van der Waals surface area contributed by atoms with Crippen LogP contribution in [0.4, 0.5) is 0 Å². The van der Waals surface area contributed by atoms with E-state index in [1.807, 2.05) is 13.1 Å². The zero-order valence-corrected chi connectivity index (χ0v) is 13.6. The SMILES string of the molecule is Cc1nccn1[C@H]1CCCN(C(=O)CN2CCCS2(=O)=O)C1. The van der Waals surface area contributed by atoms with Gasteiger partial charge in [-0.1, -0.05) is 0 Å². The van der Waals surface area contributed by atoms with Crippen LogP contribution in [-0.4, -0.2) is 65.0 Å². The molecule has 22 heavy (non-hydrogen) atoms. The molecule has 7 nitrogen and oxygen atoms in total. The maximum Gasteiger partial charge on any atom is 0.237 e. The number of likely N-dealkylation sites (tertiary alicyclic amines) is 1. The van der Waals surface area contributed by atoms with Crippen molar-refractivity contribution in [2.24, 2.45) is 0 Å². The lowest BCUT2D eigenvalue weighted by Gasteiger charge is -2.34. The molecule has 0 radical (unpaired) electrons. The molecule has 0 spiro atoms. The van der Waals surface area contributed by atoms with E-state index in [1.165, 1.54) is 4.31 Å². The van der Waals surface area contributed by atoms with Crippen molar-refractivity contribution in [3.63, 3.8) is 0 Å². The first-order chi connectivity index (χ1) is 10.5. The summed E-state index contributed by atoms with van der Waals surface area (Å²) < 4.78 is 27.1. The number of sulfonamides is 1. The number of imidazole rings is 1. The number of aromatic nitrogens is 2. The van der Waals surface area contributed by atoms with Gasteiger partial charge in [0.15, 0.2) is 0 Å². The van der Waals surface area contributed by atoms with Crippen LogP contribution in [0.3, 0.4) is 0 Å². The third-order valence-corrected chi connectivity index (χ3v) is 6.42. The molecule has 0 bridgehead atoms. The zero-order valence-electron chi connectivity index (χ0n) is 12.8. The molecule has 2 fully saturated rings. The second kappa shape index (κ2) is 6.00. The van der Waals surface area contributed by atoms with Crippen molar-refractivity contribution in [3.05, 3.63) is 18.2 Å². The van der Waals surface area contributed by atoms with Gasteiger partial charge >= 0.3 is 0 Å². The van der Waals surface area contributed by atoms with Gasteiger partial charge in [-0.25, -0.2) is 13.4 Å². The van der Waals surface area contributed by atoms with Crippen molar-refractivity contribution in [1.29, 1.82) is 0 Å². The minimum absolute atomic E-state index is 0.0159. The maximum absolute atomic E-state index is 12.4. The predicted octanol–water partition coefficient (Wildman–Crippen LogP) is 0.391. The van der Waals surface area contributed by atoms with Crippen LogP contribution in [-0.2, 0) is 14.8 Å². The average molecular weight is 326 g/mol. The zero-order chi connectivity index (χ0) is 15.7. The Balaban J connectivity index is 1.64. The minimum atomic E-state index is -3.21. The number of piperidine rings is 1. The molecule has 0 N–H and O–H groups in total. The largest absolute Gasteiger partial charge is 0.339 e. The molecule has 1 atom stereocenters. The molecular weight excluding hydrogens is 304 g/mol. The number of carbonyl (C=O) groups is 1. The molecular formula is C14H22N4O3S. The van der Waals surface area contributed by atoms with Gasteiger partial charge in [0.2, 0.25) is 15.9 Å². The van der Waals surface area contributed by atoms with Crippen molar-refractivity contribution in [1.82, 2.24) is 18.8 Å². The summed E-state index contributed by atoms with van der Waals surface area (Å²) in [6, 6.07) is 0.232. The third-order valence-electron chi connectivity index (χ3n) is 4.52. The number of rotatable bonds is 3. The van der Waals surface area contributed by atoms with Crippen LogP contribution in [0, 0.1) is 6.92 Å². The van der Waals surface area contributed by atoms with Crippen LogP contribution in [0.5, 0.6) is 0 Å². The number of nitrogens with zero attached hydrogens (tertiary/aromatic N) is 4. The standard InChI is InChI=1S/C14H22N4O3S/c1-12-15-5-8-18(12)13-4-2-6-16(10-13)14(19)11-17-7-3-9-22(17,20)21/h5,8,13H,2-4,6-7,9-11H2,1H3/t13-/m0/s1. The van der Waals surface area contributed by atoms with Gasteiger partial charge in [-0.2, -0.15) is 4.31 Å². The first-order valence-electron chi connectivity index (χ1n) is 7.72. The molecule has 1 aromatic rings. The fourth-order valence-electron chi connectivity index (χ4n) is 3.30. The Bertz CT molecular complexity index is 655. The van der Waals surface area contributed by atoms with E-state index in [0.717, 1.165) is 18.7 Å². The summed E-state index contributed by atoms with van der Waals surface area (Å²) in [5.41, 5.74) is 0. The van der Waals surface area contributed by atoms with Gasteiger partial charge < -0.3 is 9.47 Å². The lowest BCUT2D eigenvalue weighted by atomic mass is 10.1. The monoisotopic (exact) mass is 326 g/mol. The summed E-state index contributed by atoms with van der Waals surface area (Å²) in [4.78, 5) is 18.5. The molecule has 1 aromatic heterocycles. The summed E-state index contributed by atoms with van der Waals surface area (Å²) in [5, 5.41) is 0. The van der Waals surface area contributed by atoms with Crippen LogP contribution in [0.1, 0.15) is 31.1 Å². The molecule has 3 rings (SSSR count). The quantitative estimate of drug-likeness (QED) is 0.805. The van der Waals surface area contributed by atoms with Gasteiger partial charge in [-0.05, 0) is 26.2 Å². The second-order valence-corrected chi connectivity index (χ2v) is 8.11. The minimum Gasteiger partial charge on any atom is -0.339 e. The van der Waals surface area contributed by atoms with Crippen molar-refractivity contribution in [3.8, 4) is 0 Å². The first-order valence-corrected chi connectivity index (χ1v) is 9.33. The van der Waals surface area contributed by atoms with E-state index >= 15 is 0 Å². The van der Waals surface area contributed by atoms with Crippen molar-refractivity contribution < 1.29 is 13.2 Å². The van der Waals surface area contributed by atoms with E-state index in [2.05, 4.69) is 9.55 Å². The summed E-state index contributed by atoms with van der Waals surface area (Å²) >= 11 is 0. The maximum atomic E-state index is 12.4. The van der Waals surface area contributed by atoms with Crippen molar-refractivity contribution in [2.45, 2.75) is 32.2 Å². The highest BCUT2D eigenvalue weighted by atomic mass is 32.2. The lowest BCUT2D eigenvalue weighted by Crippen LogP contribution is -2.45. The Morgan fingerprint density at radius 3 is 2.82 bits per heavy atom. The molecule has 0 aromatic carbocycles. The summed E-state index contributed by atoms with van der Waals surface area (Å²) in [5.74, 6) is 1.02. The van der Waals surface area contributed by atoms with Gasteiger partial charge in [0.25, 0.3) is 0 Å².